The number of aromatic nitrogens is 3. The van der Waals surface area contributed by atoms with Crippen LogP contribution >= 0.6 is 0 Å². The lowest BCUT2D eigenvalue weighted by Crippen LogP contribution is -2.30. The quantitative estimate of drug-likeness (QED) is 0.899. The summed E-state index contributed by atoms with van der Waals surface area (Å²) in [6, 6.07) is 4.59. The van der Waals surface area contributed by atoms with Crippen molar-refractivity contribution in [3.05, 3.63) is 23.9 Å². The van der Waals surface area contributed by atoms with E-state index < -0.39 is 0 Å². The van der Waals surface area contributed by atoms with Crippen molar-refractivity contribution < 1.29 is 0 Å². The van der Waals surface area contributed by atoms with Gasteiger partial charge in [-0.2, -0.15) is 4.98 Å². The van der Waals surface area contributed by atoms with Gasteiger partial charge in [-0.3, -0.25) is 0 Å². The van der Waals surface area contributed by atoms with Crippen molar-refractivity contribution in [2.45, 2.75) is 46.1 Å². The Bertz CT molecular complexity index is 575. The highest BCUT2D eigenvalue weighted by Crippen LogP contribution is 2.30. The van der Waals surface area contributed by atoms with Crippen LogP contribution in [0.1, 0.15) is 38.7 Å². The molecule has 1 saturated carbocycles. The maximum Gasteiger partial charge on any atom is 0.243 e. The van der Waals surface area contributed by atoms with Crippen LogP contribution in [-0.2, 0) is 0 Å². The highest BCUT2D eigenvalue weighted by atomic mass is 15.3. The fourth-order valence-corrected chi connectivity index (χ4v) is 2.96. The zero-order valence-corrected chi connectivity index (χ0v) is 11.9. The Hall–Kier alpha value is -1.58. The smallest absolute Gasteiger partial charge is 0.243 e. The molecule has 3 unspecified atom stereocenters. The Balaban J connectivity index is 1.77. The van der Waals surface area contributed by atoms with Gasteiger partial charge in [0.05, 0.1) is 0 Å². The molecule has 3 atom stereocenters. The number of hydrogen-bond acceptors (Lipinski definition) is 3. The van der Waals surface area contributed by atoms with E-state index in [0.717, 1.165) is 29.0 Å². The molecular weight excluding hydrogens is 236 g/mol. The molecule has 0 radical (unpaired) electrons. The monoisotopic (exact) mass is 258 g/mol. The maximum atomic E-state index is 4.59. The second-order valence-electron chi connectivity index (χ2n) is 6.00. The molecule has 0 spiro atoms. The first-order valence-corrected chi connectivity index (χ1v) is 7.22. The van der Waals surface area contributed by atoms with Crippen LogP contribution in [0.5, 0.6) is 0 Å². The minimum Gasteiger partial charge on any atom is -0.350 e. The number of fused-ring (bicyclic) bond motifs is 1. The molecule has 0 bridgehead atoms. The van der Waals surface area contributed by atoms with Gasteiger partial charge in [0.15, 0.2) is 5.65 Å². The van der Waals surface area contributed by atoms with Gasteiger partial charge in [-0.25, -0.2) is 4.52 Å². The Morgan fingerprint density at radius 2 is 2.11 bits per heavy atom. The SMILES string of the molecule is Cc1cccn2nc(NC3CCC(C)C(C)C3)nc12. The van der Waals surface area contributed by atoms with E-state index in [1.54, 1.807) is 0 Å². The van der Waals surface area contributed by atoms with E-state index in [1.807, 2.05) is 16.8 Å². The molecule has 2 heterocycles. The summed E-state index contributed by atoms with van der Waals surface area (Å²) in [5.74, 6) is 2.39. The van der Waals surface area contributed by atoms with Crippen molar-refractivity contribution in [1.29, 1.82) is 0 Å². The molecule has 102 valence electrons. The molecule has 4 heteroatoms. The van der Waals surface area contributed by atoms with E-state index in [-0.39, 0.29) is 0 Å². The molecule has 0 saturated heterocycles. The van der Waals surface area contributed by atoms with Gasteiger partial charge in [0.1, 0.15) is 0 Å². The Morgan fingerprint density at radius 1 is 1.26 bits per heavy atom. The van der Waals surface area contributed by atoms with Gasteiger partial charge in [-0.15, -0.1) is 5.10 Å². The third kappa shape index (κ3) is 2.44. The summed E-state index contributed by atoms with van der Waals surface area (Å²) in [7, 11) is 0. The molecule has 0 aliphatic heterocycles. The van der Waals surface area contributed by atoms with Crippen molar-refractivity contribution >= 4 is 11.6 Å². The van der Waals surface area contributed by atoms with Crippen LogP contribution in [0.15, 0.2) is 18.3 Å². The topological polar surface area (TPSA) is 42.2 Å². The van der Waals surface area contributed by atoms with Crippen LogP contribution in [0, 0.1) is 18.8 Å². The lowest BCUT2D eigenvalue weighted by Gasteiger charge is -2.32. The Kier molecular flexibility index (Phi) is 3.17. The predicted molar refractivity (Wildman–Crippen MR) is 77.3 cm³/mol. The lowest BCUT2D eigenvalue weighted by molar-refractivity contribution is 0.260. The normalized spacial score (nSPS) is 27.6. The number of pyridine rings is 1. The highest BCUT2D eigenvalue weighted by Gasteiger charge is 2.25. The average Bonchev–Trinajstić information content (AvgIpc) is 2.78. The minimum atomic E-state index is 0.518. The molecule has 1 N–H and O–H groups in total. The van der Waals surface area contributed by atoms with Crippen LogP contribution in [0.25, 0.3) is 5.65 Å². The number of rotatable bonds is 2. The molecule has 0 amide bonds. The van der Waals surface area contributed by atoms with Gasteiger partial charge in [-0.05, 0) is 49.7 Å². The largest absolute Gasteiger partial charge is 0.350 e. The summed E-state index contributed by atoms with van der Waals surface area (Å²) in [4.78, 5) is 4.59. The zero-order chi connectivity index (χ0) is 13.4. The van der Waals surface area contributed by atoms with E-state index >= 15 is 0 Å². The molecule has 0 aromatic carbocycles. The number of aryl methyl sites for hydroxylation is 1. The average molecular weight is 258 g/mol. The lowest BCUT2D eigenvalue weighted by atomic mass is 9.79. The first-order valence-electron chi connectivity index (χ1n) is 7.22. The van der Waals surface area contributed by atoms with Crippen molar-refractivity contribution in [3.63, 3.8) is 0 Å². The number of hydrogen-bond donors (Lipinski definition) is 1. The van der Waals surface area contributed by atoms with Crippen molar-refractivity contribution in [2.24, 2.45) is 11.8 Å². The van der Waals surface area contributed by atoms with Gasteiger partial charge in [0.2, 0.25) is 5.95 Å². The number of nitrogens with zero attached hydrogens (tertiary/aromatic N) is 3. The highest BCUT2D eigenvalue weighted by molar-refractivity contribution is 5.49. The summed E-state index contributed by atoms with van der Waals surface area (Å²) in [5.41, 5.74) is 2.11. The second-order valence-corrected chi connectivity index (χ2v) is 6.00. The van der Waals surface area contributed by atoms with Crippen molar-refractivity contribution in [1.82, 2.24) is 14.6 Å². The second kappa shape index (κ2) is 4.83. The van der Waals surface area contributed by atoms with E-state index in [0.29, 0.717) is 6.04 Å². The summed E-state index contributed by atoms with van der Waals surface area (Å²) in [5, 5.41) is 8.01. The van der Waals surface area contributed by atoms with Crippen molar-refractivity contribution in [3.8, 4) is 0 Å². The fourth-order valence-electron chi connectivity index (χ4n) is 2.96. The van der Waals surface area contributed by atoms with Crippen LogP contribution in [0.3, 0.4) is 0 Å². The Labute approximate surface area is 114 Å². The predicted octanol–water partition coefficient (Wildman–Crippen LogP) is 3.27. The van der Waals surface area contributed by atoms with Gasteiger partial charge >= 0.3 is 0 Å². The minimum absolute atomic E-state index is 0.518. The summed E-state index contributed by atoms with van der Waals surface area (Å²) in [6.45, 7) is 6.77. The van der Waals surface area contributed by atoms with Crippen molar-refractivity contribution in [2.75, 3.05) is 5.32 Å². The van der Waals surface area contributed by atoms with Gasteiger partial charge < -0.3 is 5.32 Å². The zero-order valence-electron chi connectivity index (χ0n) is 11.9. The molecule has 1 aliphatic rings. The van der Waals surface area contributed by atoms with Crippen LogP contribution < -0.4 is 5.32 Å². The van der Waals surface area contributed by atoms with Gasteiger partial charge in [0, 0.05) is 12.2 Å². The van der Waals surface area contributed by atoms with E-state index in [1.165, 1.54) is 19.3 Å². The number of nitrogens with one attached hydrogen (secondary N) is 1. The number of anilines is 1. The van der Waals surface area contributed by atoms with E-state index in [2.05, 4.69) is 42.2 Å². The Morgan fingerprint density at radius 3 is 2.84 bits per heavy atom. The van der Waals surface area contributed by atoms with Crippen LogP contribution in [0.4, 0.5) is 5.95 Å². The molecular formula is C15H22N4. The molecule has 1 aliphatic carbocycles. The first kappa shape index (κ1) is 12.5. The molecule has 3 rings (SSSR count). The third-order valence-corrected chi connectivity index (χ3v) is 4.49. The molecule has 4 nitrogen and oxygen atoms in total. The summed E-state index contributed by atoms with van der Waals surface area (Å²) >= 11 is 0. The molecule has 1 fully saturated rings. The molecule has 19 heavy (non-hydrogen) atoms. The first-order chi connectivity index (χ1) is 9.13. The van der Waals surface area contributed by atoms with Gasteiger partial charge in [-0.1, -0.05) is 19.9 Å². The van der Waals surface area contributed by atoms with E-state index in [9.17, 15) is 0 Å². The molecule has 2 aromatic rings. The standard InChI is InChI=1S/C15H22N4/c1-10-6-7-13(9-12(10)3)16-15-17-14-11(2)5-4-8-19(14)18-15/h4-5,8,10,12-13H,6-7,9H2,1-3H3,(H,16,18). The third-order valence-electron chi connectivity index (χ3n) is 4.49. The summed E-state index contributed by atoms with van der Waals surface area (Å²) < 4.78 is 1.85. The fraction of sp³-hybridized carbons (Fsp3) is 0.600. The molecule has 2 aromatic heterocycles. The summed E-state index contributed by atoms with van der Waals surface area (Å²) in [6.07, 6.45) is 5.69. The van der Waals surface area contributed by atoms with E-state index in [4.69, 9.17) is 0 Å². The van der Waals surface area contributed by atoms with Crippen LogP contribution in [-0.4, -0.2) is 20.6 Å². The maximum absolute atomic E-state index is 4.59. The van der Waals surface area contributed by atoms with Crippen LogP contribution in [0.2, 0.25) is 0 Å². The van der Waals surface area contributed by atoms with Gasteiger partial charge in [0.25, 0.3) is 0 Å².